The Morgan fingerprint density at radius 3 is 1.65 bits per heavy atom. The number of aliphatic hydroxyl groups excluding tert-OH is 14. The summed E-state index contributed by atoms with van der Waals surface area (Å²) in [6.07, 6.45) is -23.1. The van der Waals surface area contributed by atoms with Gasteiger partial charge in [0.2, 0.25) is 0 Å². The van der Waals surface area contributed by atoms with Crippen LogP contribution in [0, 0.1) is 45.3 Å². The molecule has 8 aliphatic rings. The summed E-state index contributed by atoms with van der Waals surface area (Å²) in [6.45, 7) is 14.5. The van der Waals surface area contributed by atoms with Crippen LogP contribution in [0.4, 0.5) is 0 Å². The zero-order valence-electron chi connectivity index (χ0n) is 45.8. The van der Waals surface area contributed by atoms with Crippen molar-refractivity contribution in [3.05, 3.63) is 11.6 Å². The molecular formula is C54H92O23. The second-order valence-electron chi connectivity index (χ2n) is 25.8. The normalized spacial score (nSPS) is 51.0. The van der Waals surface area contributed by atoms with E-state index in [4.69, 9.17) is 37.9 Å². The van der Waals surface area contributed by atoms with Crippen molar-refractivity contribution in [3.8, 4) is 0 Å². The summed E-state index contributed by atoms with van der Waals surface area (Å²) < 4.78 is 47.6. The highest BCUT2D eigenvalue weighted by atomic mass is 16.8. The Kier molecular flexibility index (Phi) is 18.9. The fourth-order valence-corrected chi connectivity index (χ4v) is 15.6. The standard InChI is InChI=1S/C54H92O23/c1-23(9-13-33(51(4,5)69)76-49-45(41(65)36(60)29(21-57)73-49)77-48-44(68)39(63)35(59)28(20-56)72-48)24-15-16-54(8)31-12-10-25-26(52(31,6)17-18-53(24,54)7)11-14-32(50(25,2)3)75-47-43(67)40(64)37(61)30(74-47)22-70-46-42(66)38(62)34(58)27(19-55)71-46/h10,23-24,26-49,55-69H,9,11-22H2,1-8H3/t23-,24-,26-,27-,28-,29-,30-,31?,32+,33-,34-,35-,36-,37-,38+,39+,40+,41+,42-,43-,44-,45-,46-,47+,48+,49+,52+,53-,54+/m1/s1. The molecule has 15 N–H and O–H groups in total. The smallest absolute Gasteiger partial charge is 0.187 e. The molecule has 0 aromatic rings. The van der Waals surface area contributed by atoms with E-state index in [1.165, 1.54) is 5.57 Å². The predicted octanol–water partition coefficient (Wildman–Crippen LogP) is -2.20. The summed E-state index contributed by atoms with van der Waals surface area (Å²) >= 11 is 0. The molecule has 23 nitrogen and oxygen atoms in total. The molecule has 3 saturated carbocycles. The zero-order chi connectivity index (χ0) is 56.6. The van der Waals surface area contributed by atoms with E-state index in [0.29, 0.717) is 31.1 Å². The summed E-state index contributed by atoms with van der Waals surface area (Å²) in [5.74, 6) is 1.08. The average molecular weight is 1110 g/mol. The first-order chi connectivity index (χ1) is 36.0. The molecule has 0 spiro atoms. The van der Waals surface area contributed by atoms with Crippen molar-refractivity contribution >= 4 is 0 Å². The molecule has 4 saturated heterocycles. The first-order valence-electron chi connectivity index (χ1n) is 27.9. The molecule has 7 fully saturated rings. The van der Waals surface area contributed by atoms with Gasteiger partial charge in [0.05, 0.1) is 44.2 Å². The molecule has 0 amide bonds. The number of hydrogen-bond donors (Lipinski definition) is 15. The van der Waals surface area contributed by atoms with Crippen LogP contribution in [0.5, 0.6) is 0 Å². The molecule has 0 radical (unpaired) electrons. The molecule has 0 aromatic carbocycles. The molecule has 1 unspecified atom stereocenters. The van der Waals surface area contributed by atoms with Gasteiger partial charge in [0.25, 0.3) is 0 Å². The van der Waals surface area contributed by atoms with E-state index < -0.39 is 172 Å². The maximum Gasteiger partial charge on any atom is 0.187 e. The van der Waals surface area contributed by atoms with Crippen LogP contribution in [0.1, 0.15) is 113 Å². The topological polar surface area (TPSA) is 377 Å². The highest BCUT2D eigenvalue weighted by Gasteiger charge is 2.68. The van der Waals surface area contributed by atoms with Gasteiger partial charge in [-0.15, -0.1) is 0 Å². The molecule has 4 aliphatic heterocycles. The zero-order valence-corrected chi connectivity index (χ0v) is 45.8. The maximum atomic E-state index is 11.6. The Morgan fingerprint density at radius 1 is 0.571 bits per heavy atom. The first-order valence-corrected chi connectivity index (χ1v) is 27.9. The minimum Gasteiger partial charge on any atom is -0.394 e. The fraction of sp³-hybridized carbons (Fsp3) is 0.963. The second kappa shape index (κ2) is 23.5. The van der Waals surface area contributed by atoms with E-state index in [0.717, 1.165) is 38.5 Å². The highest BCUT2D eigenvalue weighted by molar-refractivity contribution is 5.30. The monoisotopic (exact) mass is 1110 g/mol. The molecule has 77 heavy (non-hydrogen) atoms. The fourth-order valence-electron chi connectivity index (χ4n) is 15.6. The Morgan fingerprint density at radius 2 is 1.08 bits per heavy atom. The second-order valence-corrected chi connectivity index (χ2v) is 25.8. The van der Waals surface area contributed by atoms with Crippen LogP contribution in [-0.2, 0) is 37.9 Å². The summed E-state index contributed by atoms with van der Waals surface area (Å²) in [4.78, 5) is 0. The van der Waals surface area contributed by atoms with Crippen LogP contribution in [0.2, 0.25) is 0 Å². The van der Waals surface area contributed by atoms with Crippen LogP contribution in [0.25, 0.3) is 0 Å². The quantitative estimate of drug-likeness (QED) is 0.0687. The Labute approximate surface area is 450 Å². The van der Waals surface area contributed by atoms with Crippen LogP contribution < -0.4 is 0 Å². The molecular weight excluding hydrogens is 1020 g/mol. The van der Waals surface area contributed by atoms with Crippen molar-refractivity contribution in [1.82, 2.24) is 0 Å². The third kappa shape index (κ3) is 11.1. The van der Waals surface area contributed by atoms with Gasteiger partial charge >= 0.3 is 0 Å². The molecule has 0 aromatic heterocycles. The van der Waals surface area contributed by atoms with E-state index in [2.05, 4.69) is 47.6 Å². The number of aliphatic hydroxyl groups is 15. The van der Waals surface area contributed by atoms with Gasteiger partial charge in [0, 0.05) is 5.41 Å². The van der Waals surface area contributed by atoms with Crippen molar-refractivity contribution in [2.75, 3.05) is 26.4 Å². The number of hydrogen-bond acceptors (Lipinski definition) is 23. The largest absolute Gasteiger partial charge is 0.394 e. The van der Waals surface area contributed by atoms with Gasteiger partial charge in [-0.3, -0.25) is 0 Å². The van der Waals surface area contributed by atoms with E-state index in [-0.39, 0.29) is 28.1 Å². The summed E-state index contributed by atoms with van der Waals surface area (Å²) in [7, 11) is 0. The number of allylic oxidation sites excluding steroid dienone is 1. The lowest BCUT2D eigenvalue weighted by molar-refractivity contribution is -0.375. The molecule has 4 heterocycles. The van der Waals surface area contributed by atoms with Crippen LogP contribution in [0.15, 0.2) is 11.6 Å². The number of ether oxygens (including phenoxy) is 8. The molecule has 446 valence electrons. The molecule has 8 rings (SSSR count). The van der Waals surface area contributed by atoms with Crippen molar-refractivity contribution in [1.29, 1.82) is 0 Å². The SMILES string of the molecule is C[C@H](CC[C@@H](O[C@@H]1O[C@H](CO)[C@@H](O)[C@H](O)[C@H]1O[C@@H]1O[C@H](CO)[C@@H](O)[C@H](O)[C@H]1O)C(C)(C)O)[C@H]1CC[C@@]2(C)C3CC=C4[C@@H](CC[C@H](O[C@@H]5O[C@H](CO[C@@H]6O[C@H](CO)[C@@H](O)[C@H](O)[C@H]6O)[C@@H](O)[C@H](O)[C@H]5O)C4(C)C)[C@]3(C)CC[C@]12C. The number of fused-ring (bicyclic) bond motifs is 5. The Balaban J connectivity index is 0.925. The predicted molar refractivity (Wildman–Crippen MR) is 266 cm³/mol. The summed E-state index contributed by atoms with van der Waals surface area (Å²) in [5, 5.41) is 159. The minimum atomic E-state index is -1.83. The van der Waals surface area contributed by atoms with Gasteiger partial charge in [0.1, 0.15) is 97.7 Å². The third-order valence-corrected chi connectivity index (χ3v) is 20.7. The molecule has 4 aliphatic carbocycles. The lowest BCUT2D eigenvalue weighted by Crippen LogP contribution is -2.65. The van der Waals surface area contributed by atoms with Crippen molar-refractivity contribution in [2.24, 2.45) is 45.3 Å². The van der Waals surface area contributed by atoms with Crippen molar-refractivity contribution < 1.29 is 114 Å². The minimum absolute atomic E-state index is 0.0322. The van der Waals surface area contributed by atoms with Crippen molar-refractivity contribution in [3.63, 3.8) is 0 Å². The number of rotatable bonds is 17. The summed E-state index contributed by atoms with van der Waals surface area (Å²) in [6, 6.07) is 0. The molecule has 0 bridgehead atoms. The molecule has 29 atom stereocenters. The third-order valence-electron chi connectivity index (χ3n) is 20.7. The van der Waals surface area contributed by atoms with Crippen LogP contribution in [-0.4, -0.2) is 244 Å². The van der Waals surface area contributed by atoms with Gasteiger partial charge in [-0.1, -0.05) is 53.2 Å². The van der Waals surface area contributed by atoms with E-state index in [1.807, 2.05) is 0 Å². The van der Waals surface area contributed by atoms with E-state index >= 15 is 0 Å². The molecule has 23 heteroatoms. The Hall–Kier alpha value is -1.18. The van der Waals surface area contributed by atoms with Gasteiger partial charge < -0.3 is 114 Å². The van der Waals surface area contributed by atoms with Gasteiger partial charge in [-0.2, -0.15) is 0 Å². The highest BCUT2D eigenvalue weighted by Crippen LogP contribution is 2.75. The first kappa shape index (κ1) is 61.9. The van der Waals surface area contributed by atoms with E-state index in [1.54, 1.807) is 13.8 Å². The lowest BCUT2D eigenvalue weighted by Gasteiger charge is -2.66. The summed E-state index contributed by atoms with van der Waals surface area (Å²) in [5.41, 5.74) is -0.842. The van der Waals surface area contributed by atoms with Gasteiger partial charge in [-0.25, -0.2) is 0 Å². The van der Waals surface area contributed by atoms with Gasteiger partial charge in [-0.05, 0) is 112 Å². The lowest BCUT2D eigenvalue weighted by atomic mass is 9.39. The van der Waals surface area contributed by atoms with Crippen LogP contribution in [0.3, 0.4) is 0 Å². The Bertz CT molecular complexity index is 1990. The van der Waals surface area contributed by atoms with Crippen LogP contribution >= 0.6 is 0 Å². The maximum absolute atomic E-state index is 11.6. The van der Waals surface area contributed by atoms with E-state index in [9.17, 15) is 76.6 Å². The van der Waals surface area contributed by atoms with Crippen molar-refractivity contribution in [2.45, 2.75) is 254 Å². The average Bonchev–Trinajstić information content (AvgIpc) is 3.90. The van der Waals surface area contributed by atoms with Gasteiger partial charge in [0.15, 0.2) is 25.2 Å².